The average molecular weight is 242 g/mol. The van der Waals surface area contributed by atoms with E-state index in [1.54, 1.807) is 6.08 Å². The number of hydrogen-bond acceptors (Lipinski definition) is 2. The Bertz CT molecular complexity index is 210. The number of nitrogens with two attached hydrogens (primary N) is 1. The fourth-order valence-corrected chi connectivity index (χ4v) is 1.26. The van der Waals surface area contributed by atoms with E-state index in [-0.39, 0.29) is 0 Å². The van der Waals surface area contributed by atoms with Crippen LogP contribution in [0.2, 0.25) is 0 Å². The summed E-state index contributed by atoms with van der Waals surface area (Å²) in [5.74, 6) is -0.395. The Labute approximate surface area is 107 Å². The van der Waals surface area contributed by atoms with E-state index in [1.165, 1.54) is 25.3 Å². The van der Waals surface area contributed by atoms with Gasteiger partial charge < -0.3 is 11.1 Å². The largest absolute Gasteiger partial charge is 0.366 e. The Kier molecular flexibility index (Phi) is 12.7. The lowest BCUT2D eigenvalue weighted by Crippen LogP contribution is -2.13. The van der Waals surface area contributed by atoms with Gasteiger partial charge >= 0.3 is 0 Å². The molecule has 0 spiro atoms. The van der Waals surface area contributed by atoms with Crippen molar-refractivity contribution in [1.82, 2.24) is 5.32 Å². The van der Waals surface area contributed by atoms with E-state index >= 15 is 0 Å². The van der Waals surface area contributed by atoms with Crippen LogP contribution in [0.5, 0.6) is 0 Å². The van der Waals surface area contributed by atoms with Gasteiger partial charge in [-0.1, -0.05) is 53.5 Å². The van der Waals surface area contributed by atoms with Gasteiger partial charge in [-0.2, -0.15) is 0 Å². The zero-order valence-corrected chi connectivity index (χ0v) is 12.2. The normalized spacial score (nSPS) is 11.1. The van der Waals surface area contributed by atoms with Gasteiger partial charge in [0.25, 0.3) is 0 Å². The van der Waals surface area contributed by atoms with Crippen molar-refractivity contribution in [1.29, 1.82) is 0 Å². The number of carbonyl (C=O) groups is 1. The Morgan fingerprint density at radius 1 is 1.29 bits per heavy atom. The molecule has 1 amide bonds. The maximum Gasteiger partial charge on any atom is 0.241 e. The summed E-state index contributed by atoms with van der Waals surface area (Å²) in [6, 6.07) is 0. The summed E-state index contributed by atoms with van der Waals surface area (Å²) >= 11 is 0. The molecule has 102 valence electrons. The molecule has 17 heavy (non-hydrogen) atoms. The first-order chi connectivity index (χ1) is 7.89. The number of amides is 1. The van der Waals surface area contributed by atoms with Gasteiger partial charge in [-0.15, -0.1) is 0 Å². The minimum Gasteiger partial charge on any atom is -0.366 e. The molecule has 0 atom stereocenters. The Morgan fingerprint density at radius 3 is 2.18 bits per heavy atom. The molecule has 0 aliphatic carbocycles. The molecule has 0 saturated heterocycles. The molecule has 0 rings (SSSR count). The molecule has 3 N–H and O–H groups in total. The van der Waals surface area contributed by atoms with Crippen LogP contribution >= 0.6 is 0 Å². The molecule has 0 aromatic heterocycles. The van der Waals surface area contributed by atoms with Crippen LogP contribution in [0.15, 0.2) is 12.2 Å². The second-order valence-electron chi connectivity index (χ2n) is 4.88. The lowest BCUT2D eigenvalue weighted by Gasteiger charge is -2.20. The predicted molar refractivity (Wildman–Crippen MR) is 75.9 cm³/mol. The lowest BCUT2D eigenvalue weighted by atomic mass is 9.86. The lowest BCUT2D eigenvalue weighted by molar-refractivity contribution is -0.113. The van der Waals surface area contributed by atoms with Gasteiger partial charge in [0.15, 0.2) is 0 Å². The molecule has 0 fully saturated rings. The van der Waals surface area contributed by atoms with Crippen molar-refractivity contribution in [3.05, 3.63) is 12.2 Å². The Hall–Kier alpha value is -0.830. The van der Waals surface area contributed by atoms with Crippen molar-refractivity contribution >= 4 is 5.91 Å². The van der Waals surface area contributed by atoms with E-state index in [9.17, 15) is 4.79 Å². The molecule has 0 aromatic carbocycles. The molecule has 0 aliphatic heterocycles. The molecule has 0 unspecified atom stereocenters. The Balaban J connectivity index is 0. The van der Waals surface area contributed by atoms with Crippen LogP contribution in [0.4, 0.5) is 0 Å². The Morgan fingerprint density at radius 2 is 1.88 bits per heavy atom. The molecule has 0 saturated carbocycles. The molecular formula is C14H30N2O. The highest BCUT2D eigenvalue weighted by molar-refractivity contribution is 5.85. The van der Waals surface area contributed by atoms with Crippen LogP contribution in [0.1, 0.15) is 53.9 Å². The summed E-state index contributed by atoms with van der Waals surface area (Å²) in [5, 5.41) is 3.01. The van der Waals surface area contributed by atoms with E-state index < -0.39 is 5.91 Å². The molecule has 0 heterocycles. The van der Waals surface area contributed by atoms with E-state index in [0.29, 0.717) is 12.0 Å². The zero-order valence-electron chi connectivity index (χ0n) is 12.2. The second-order valence-corrected chi connectivity index (χ2v) is 4.88. The van der Waals surface area contributed by atoms with E-state index in [4.69, 9.17) is 5.73 Å². The molecule has 0 bridgehead atoms. The molecule has 0 radical (unpaired) electrons. The maximum atomic E-state index is 10.1. The highest BCUT2D eigenvalue weighted by Crippen LogP contribution is 2.25. The number of primary amides is 1. The SMILES string of the molecule is CCCC(C)(C)CC.CCNC/C=C/C(N)=O. The summed E-state index contributed by atoms with van der Waals surface area (Å²) in [6.45, 7) is 12.8. The van der Waals surface area contributed by atoms with Crippen molar-refractivity contribution < 1.29 is 4.79 Å². The molecule has 0 aromatic rings. The van der Waals surface area contributed by atoms with Gasteiger partial charge in [0.2, 0.25) is 5.91 Å². The average Bonchev–Trinajstić information content (AvgIpc) is 2.25. The van der Waals surface area contributed by atoms with Crippen molar-refractivity contribution in [2.75, 3.05) is 13.1 Å². The van der Waals surface area contributed by atoms with Crippen molar-refractivity contribution in [3.63, 3.8) is 0 Å². The number of nitrogens with one attached hydrogen (secondary N) is 1. The summed E-state index contributed by atoms with van der Waals surface area (Å²) in [6.07, 6.45) is 7.04. The molecule has 0 aliphatic rings. The third kappa shape index (κ3) is 17.8. The van der Waals surface area contributed by atoms with Crippen molar-refractivity contribution in [2.24, 2.45) is 11.1 Å². The fraction of sp³-hybridized carbons (Fsp3) is 0.786. The van der Waals surface area contributed by atoms with Crippen LogP contribution in [-0.4, -0.2) is 19.0 Å². The van der Waals surface area contributed by atoms with Crippen LogP contribution < -0.4 is 11.1 Å². The molecule has 3 heteroatoms. The summed E-state index contributed by atoms with van der Waals surface area (Å²) in [4.78, 5) is 10.1. The first-order valence-electron chi connectivity index (χ1n) is 6.56. The minimum absolute atomic E-state index is 0.395. The van der Waals surface area contributed by atoms with E-state index in [1.807, 2.05) is 6.92 Å². The smallest absolute Gasteiger partial charge is 0.241 e. The monoisotopic (exact) mass is 242 g/mol. The quantitative estimate of drug-likeness (QED) is 0.533. The van der Waals surface area contributed by atoms with E-state index in [2.05, 4.69) is 33.0 Å². The highest BCUT2D eigenvalue weighted by atomic mass is 16.1. The van der Waals surface area contributed by atoms with Crippen LogP contribution in [0.25, 0.3) is 0 Å². The van der Waals surface area contributed by atoms with Crippen molar-refractivity contribution in [3.8, 4) is 0 Å². The topological polar surface area (TPSA) is 55.1 Å². The molecular weight excluding hydrogens is 212 g/mol. The van der Waals surface area contributed by atoms with Gasteiger partial charge in [-0.3, -0.25) is 4.79 Å². The fourth-order valence-electron chi connectivity index (χ4n) is 1.26. The summed E-state index contributed by atoms with van der Waals surface area (Å²) in [5.41, 5.74) is 5.41. The third-order valence-electron chi connectivity index (χ3n) is 2.68. The number of carbonyl (C=O) groups excluding carboxylic acids is 1. The summed E-state index contributed by atoms with van der Waals surface area (Å²) in [7, 11) is 0. The number of likely N-dealkylation sites (N-methyl/N-ethyl adjacent to an activating group) is 1. The summed E-state index contributed by atoms with van der Waals surface area (Å²) < 4.78 is 0. The van der Waals surface area contributed by atoms with Crippen molar-refractivity contribution in [2.45, 2.75) is 53.9 Å². The number of rotatable bonds is 7. The first kappa shape index (κ1) is 18.5. The first-order valence-corrected chi connectivity index (χ1v) is 6.56. The molecule has 3 nitrogen and oxygen atoms in total. The van der Waals surface area contributed by atoms with Gasteiger partial charge in [0.05, 0.1) is 0 Å². The zero-order chi connectivity index (χ0) is 13.7. The standard InChI is InChI=1S/C8H18.C6H12N2O/c1-5-7-8(3,4)6-2;1-2-8-5-3-4-6(7)9/h5-7H2,1-4H3;3-4,8H,2,5H2,1H3,(H2,7,9)/b;4-3+. The minimum atomic E-state index is -0.395. The van der Waals surface area contributed by atoms with Crippen LogP contribution in [0.3, 0.4) is 0 Å². The number of hydrogen-bond donors (Lipinski definition) is 2. The maximum absolute atomic E-state index is 10.1. The van der Waals surface area contributed by atoms with Gasteiger partial charge in [-0.05, 0) is 24.5 Å². The van der Waals surface area contributed by atoms with Gasteiger partial charge in [-0.25, -0.2) is 0 Å². The third-order valence-corrected chi connectivity index (χ3v) is 2.68. The van der Waals surface area contributed by atoms with Crippen LogP contribution in [-0.2, 0) is 4.79 Å². The van der Waals surface area contributed by atoms with E-state index in [0.717, 1.165) is 6.54 Å². The van der Waals surface area contributed by atoms with Gasteiger partial charge in [0, 0.05) is 6.54 Å². The highest BCUT2D eigenvalue weighted by Gasteiger charge is 2.11. The second kappa shape index (κ2) is 11.6. The predicted octanol–water partition coefficient (Wildman–Crippen LogP) is 2.86. The van der Waals surface area contributed by atoms with Gasteiger partial charge in [0.1, 0.15) is 0 Å². The van der Waals surface area contributed by atoms with Crippen LogP contribution in [0, 0.1) is 5.41 Å².